The molecule has 2 unspecified atom stereocenters. The zero-order chi connectivity index (χ0) is 12.4. The van der Waals surface area contributed by atoms with Gasteiger partial charge in [0.25, 0.3) is 0 Å². The lowest BCUT2D eigenvalue weighted by atomic mass is 9.68. The molecule has 2 aliphatic carbocycles. The van der Waals surface area contributed by atoms with Gasteiger partial charge in [-0.3, -0.25) is 0 Å². The van der Waals surface area contributed by atoms with Crippen LogP contribution in [0.2, 0.25) is 0 Å². The maximum Gasteiger partial charge on any atom is 0.108 e. The molecular formula is C17H20N2. The van der Waals surface area contributed by atoms with Crippen LogP contribution in [0.3, 0.4) is 0 Å². The van der Waals surface area contributed by atoms with Gasteiger partial charge < -0.3 is 4.90 Å². The Morgan fingerprint density at radius 3 is 2.58 bits per heavy atom. The fourth-order valence-electron chi connectivity index (χ4n) is 5.13. The van der Waals surface area contributed by atoms with Crippen molar-refractivity contribution < 1.29 is 0 Å². The van der Waals surface area contributed by atoms with E-state index in [1.54, 1.807) is 0 Å². The molecule has 0 N–H and O–H groups in total. The smallest absolute Gasteiger partial charge is 0.108 e. The molecule has 2 saturated heterocycles. The first-order valence-electron chi connectivity index (χ1n) is 7.80. The van der Waals surface area contributed by atoms with Crippen molar-refractivity contribution in [3.05, 3.63) is 29.8 Å². The van der Waals surface area contributed by atoms with Gasteiger partial charge in [0.15, 0.2) is 0 Å². The van der Waals surface area contributed by atoms with Crippen LogP contribution >= 0.6 is 0 Å². The fraction of sp³-hybridized carbons (Fsp3) is 0.588. The lowest BCUT2D eigenvalue weighted by Gasteiger charge is -2.39. The minimum Gasteiger partial charge on any atom is -0.352 e. The number of amidine groups is 1. The van der Waals surface area contributed by atoms with Crippen molar-refractivity contribution in [1.29, 1.82) is 0 Å². The van der Waals surface area contributed by atoms with Crippen molar-refractivity contribution in [1.82, 2.24) is 4.90 Å². The van der Waals surface area contributed by atoms with Crippen LogP contribution in [0.25, 0.3) is 0 Å². The Kier molecular flexibility index (Phi) is 2.00. The third-order valence-electron chi connectivity index (χ3n) is 5.78. The largest absolute Gasteiger partial charge is 0.352 e. The Hall–Kier alpha value is -1.31. The van der Waals surface area contributed by atoms with Gasteiger partial charge in [0.2, 0.25) is 0 Å². The van der Waals surface area contributed by atoms with Gasteiger partial charge in [0.05, 0.1) is 5.69 Å². The van der Waals surface area contributed by atoms with Gasteiger partial charge in [-0.1, -0.05) is 18.2 Å². The average Bonchev–Trinajstić information content (AvgIpc) is 2.59. The molecule has 2 saturated carbocycles. The molecule has 1 aromatic rings. The van der Waals surface area contributed by atoms with Crippen LogP contribution in [0.15, 0.2) is 29.3 Å². The molecule has 0 amide bonds. The molecular weight excluding hydrogens is 232 g/mol. The highest BCUT2D eigenvalue weighted by molar-refractivity contribution is 5.90. The van der Waals surface area contributed by atoms with E-state index >= 15 is 0 Å². The van der Waals surface area contributed by atoms with E-state index in [4.69, 9.17) is 4.99 Å². The van der Waals surface area contributed by atoms with Crippen LogP contribution in [0.4, 0.5) is 5.69 Å². The molecule has 2 heteroatoms. The van der Waals surface area contributed by atoms with Crippen LogP contribution in [-0.2, 0) is 6.54 Å². The Bertz CT molecular complexity index is 548. The Labute approximate surface area is 114 Å². The summed E-state index contributed by atoms with van der Waals surface area (Å²) in [5.41, 5.74) is 2.66. The SMILES string of the molecule is c1ccc2c(c1)CN1C(=N2)C2CC3CC(C2)CC1C3. The zero-order valence-electron chi connectivity index (χ0n) is 11.3. The number of para-hydroxylation sites is 1. The summed E-state index contributed by atoms with van der Waals surface area (Å²) in [5, 5.41) is 0. The fourth-order valence-corrected chi connectivity index (χ4v) is 5.13. The summed E-state index contributed by atoms with van der Waals surface area (Å²) >= 11 is 0. The molecule has 0 spiro atoms. The van der Waals surface area contributed by atoms with Crippen molar-refractivity contribution in [3.63, 3.8) is 0 Å². The van der Waals surface area contributed by atoms with Crippen molar-refractivity contribution in [2.24, 2.45) is 22.7 Å². The monoisotopic (exact) mass is 252 g/mol. The van der Waals surface area contributed by atoms with Gasteiger partial charge in [0.1, 0.15) is 5.84 Å². The Morgan fingerprint density at radius 2 is 1.74 bits per heavy atom. The van der Waals surface area contributed by atoms with Gasteiger partial charge in [-0.25, -0.2) is 4.99 Å². The molecule has 3 heterocycles. The number of rotatable bonds is 0. The van der Waals surface area contributed by atoms with E-state index in [0.29, 0.717) is 0 Å². The first-order chi connectivity index (χ1) is 9.37. The van der Waals surface area contributed by atoms with E-state index in [-0.39, 0.29) is 0 Å². The standard InChI is InChI=1S/C17H20N2/c1-2-4-16-13(3-1)10-19-15-8-11-5-12(9-15)7-14(6-11)17(19)18-16/h1-4,11-12,14-15H,5-10H2. The van der Waals surface area contributed by atoms with Crippen LogP contribution in [0.1, 0.15) is 37.7 Å². The molecule has 4 bridgehead atoms. The first-order valence-corrected chi connectivity index (χ1v) is 7.80. The summed E-state index contributed by atoms with van der Waals surface area (Å²) in [6, 6.07) is 9.50. The number of hydrogen-bond donors (Lipinski definition) is 0. The second-order valence-electron chi connectivity index (χ2n) is 6.99. The summed E-state index contributed by atoms with van der Waals surface area (Å²) in [7, 11) is 0. The zero-order valence-corrected chi connectivity index (χ0v) is 11.3. The molecule has 0 radical (unpaired) electrons. The second-order valence-corrected chi connectivity index (χ2v) is 6.99. The Balaban J connectivity index is 1.65. The topological polar surface area (TPSA) is 15.6 Å². The average molecular weight is 252 g/mol. The van der Waals surface area contributed by atoms with Crippen molar-refractivity contribution in [3.8, 4) is 0 Å². The number of benzene rings is 1. The van der Waals surface area contributed by atoms with Gasteiger partial charge in [-0.2, -0.15) is 0 Å². The highest BCUT2D eigenvalue weighted by atomic mass is 15.2. The maximum absolute atomic E-state index is 5.07. The first kappa shape index (κ1) is 10.5. The third-order valence-corrected chi connectivity index (χ3v) is 5.78. The molecule has 3 aliphatic heterocycles. The van der Waals surface area contributed by atoms with E-state index in [0.717, 1.165) is 30.3 Å². The molecule has 4 fully saturated rings. The quantitative estimate of drug-likeness (QED) is 0.686. The Morgan fingerprint density at radius 1 is 0.947 bits per heavy atom. The summed E-state index contributed by atoms with van der Waals surface area (Å²) in [6.45, 7) is 1.11. The summed E-state index contributed by atoms with van der Waals surface area (Å²) in [4.78, 5) is 7.74. The van der Waals surface area contributed by atoms with E-state index in [9.17, 15) is 0 Å². The summed E-state index contributed by atoms with van der Waals surface area (Å²) in [6.07, 6.45) is 7.17. The predicted molar refractivity (Wildman–Crippen MR) is 76.4 cm³/mol. The van der Waals surface area contributed by atoms with Crippen molar-refractivity contribution in [2.75, 3.05) is 0 Å². The van der Waals surface area contributed by atoms with Crippen LogP contribution in [-0.4, -0.2) is 16.8 Å². The number of aliphatic imine (C=N–C) groups is 1. The lowest BCUT2D eigenvalue weighted by Crippen LogP contribution is -2.41. The molecule has 1 aromatic carbocycles. The van der Waals surface area contributed by atoms with E-state index in [1.165, 1.54) is 49.2 Å². The summed E-state index contributed by atoms with van der Waals surface area (Å²) in [5.74, 6) is 4.16. The molecule has 2 atom stereocenters. The minimum absolute atomic E-state index is 0.754. The molecule has 2 nitrogen and oxygen atoms in total. The molecule has 6 rings (SSSR count). The van der Waals surface area contributed by atoms with Gasteiger partial charge in [-0.05, 0) is 55.6 Å². The number of hydrogen-bond acceptors (Lipinski definition) is 2. The highest BCUT2D eigenvalue weighted by Gasteiger charge is 2.46. The molecule has 5 aliphatic rings. The summed E-state index contributed by atoms with van der Waals surface area (Å²) < 4.78 is 0. The minimum atomic E-state index is 0.754. The molecule has 0 aromatic heterocycles. The normalized spacial score (nSPS) is 38.5. The van der Waals surface area contributed by atoms with Gasteiger partial charge >= 0.3 is 0 Å². The van der Waals surface area contributed by atoms with Gasteiger partial charge in [0, 0.05) is 18.5 Å². The van der Waals surface area contributed by atoms with Crippen LogP contribution in [0, 0.1) is 17.8 Å². The second kappa shape index (κ2) is 3.62. The van der Waals surface area contributed by atoms with E-state index < -0.39 is 0 Å². The predicted octanol–water partition coefficient (Wildman–Crippen LogP) is 3.74. The van der Waals surface area contributed by atoms with E-state index in [2.05, 4.69) is 29.2 Å². The van der Waals surface area contributed by atoms with Crippen molar-refractivity contribution >= 4 is 11.5 Å². The van der Waals surface area contributed by atoms with Crippen LogP contribution in [0.5, 0.6) is 0 Å². The highest BCUT2D eigenvalue weighted by Crippen LogP contribution is 2.50. The number of nitrogens with zero attached hydrogens (tertiary/aromatic N) is 2. The van der Waals surface area contributed by atoms with E-state index in [1.807, 2.05) is 0 Å². The molecule has 19 heavy (non-hydrogen) atoms. The lowest BCUT2D eigenvalue weighted by molar-refractivity contribution is 0.128. The third kappa shape index (κ3) is 1.46. The van der Waals surface area contributed by atoms with Crippen molar-refractivity contribution in [2.45, 2.75) is 44.7 Å². The maximum atomic E-state index is 5.07. The molecule has 98 valence electrons. The van der Waals surface area contributed by atoms with Gasteiger partial charge in [-0.15, -0.1) is 0 Å². The van der Waals surface area contributed by atoms with Crippen LogP contribution < -0.4 is 0 Å². The number of fused-ring (bicyclic) bond motifs is 1.